The number of benzene rings is 1. The number of rotatable bonds is 9. The molecule has 0 fully saturated rings. The minimum atomic E-state index is 0.375. The van der Waals surface area contributed by atoms with E-state index in [-0.39, 0.29) is 0 Å². The number of tetrazole rings is 1. The van der Waals surface area contributed by atoms with Gasteiger partial charge in [-0.2, -0.15) is 10.3 Å². The van der Waals surface area contributed by atoms with E-state index >= 15 is 0 Å². The molecule has 0 aliphatic carbocycles. The highest BCUT2D eigenvalue weighted by molar-refractivity contribution is 9.10. The van der Waals surface area contributed by atoms with E-state index in [1.165, 1.54) is 5.56 Å². The van der Waals surface area contributed by atoms with Gasteiger partial charge < -0.3 is 4.57 Å². The third-order valence-corrected chi connectivity index (χ3v) is 6.15. The van der Waals surface area contributed by atoms with Crippen molar-refractivity contribution in [2.75, 3.05) is 0 Å². The standard InChI is InChI=1S/C22H27BrN8/c1-4-6-7-19-24-21(15(3)5-2)27-31(19)14-16-8-10-17(11-9-16)30-13-12-18(23)20(30)22-25-28-29-26-22/h8-13,15H,4-7,14H2,1-3H3,(H,25,26,28,29). The molecule has 0 saturated carbocycles. The maximum absolute atomic E-state index is 4.84. The second-order valence-electron chi connectivity index (χ2n) is 7.74. The molecule has 162 valence electrons. The van der Waals surface area contributed by atoms with Crippen molar-refractivity contribution in [1.29, 1.82) is 0 Å². The molecule has 1 atom stereocenters. The summed E-state index contributed by atoms with van der Waals surface area (Å²) < 4.78 is 5.03. The van der Waals surface area contributed by atoms with Gasteiger partial charge in [0, 0.05) is 28.7 Å². The number of halogens is 1. The first-order valence-electron chi connectivity index (χ1n) is 10.7. The maximum Gasteiger partial charge on any atom is 0.222 e. The molecule has 4 aromatic rings. The van der Waals surface area contributed by atoms with E-state index in [1.54, 1.807) is 0 Å². The molecular weight excluding hydrogens is 456 g/mol. The Balaban J connectivity index is 1.58. The summed E-state index contributed by atoms with van der Waals surface area (Å²) in [6, 6.07) is 10.5. The fourth-order valence-corrected chi connectivity index (χ4v) is 3.95. The van der Waals surface area contributed by atoms with Gasteiger partial charge in [-0.3, -0.25) is 0 Å². The van der Waals surface area contributed by atoms with Crippen LogP contribution in [-0.2, 0) is 13.0 Å². The van der Waals surface area contributed by atoms with Crippen molar-refractivity contribution >= 4 is 15.9 Å². The second kappa shape index (κ2) is 9.55. The summed E-state index contributed by atoms with van der Waals surface area (Å²) in [6.45, 7) is 7.29. The highest BCUT2D eigenvalue weighted by atomic mass is 79.9. The van der Waals surface area contributed by atoms with Gasteiger partial charge in [0.1, 0.15) is 11.5 Å². The van der Waals surface area contributed by atoms with Crippen molar-refractivity contribution < 1.29 is 0 Å². The molecule has 9 heteroatoms. The minimum Gasteiger partial charge on any atom is -0.313 e. The zero-order valence-electron chi connectivity index (χ0n) is 18.1. The summed E-state index contributed by atoms with van der Waals surface area (Å²) in [6.07, 6.45) is 6.27. The fourth-order valence-electron chi connectivity index (χ4n) is 3.47. The highest BCUT2D eigenvalue weighted by Crippen LogP contribution is 2.29. The van der Waals surface area contributed by atoms with Gasteiger partial charge in [0.15, 0.2) is 5.82 Å². The molecular formula is C22H27BrN8. The van der Waals surface area contributed by atoms with E-state index in [2.05, 4.69) is 86.3 Å². The van der Waals surface area contributed by atoms with Crippen LogP contribution in [0.1, 0.15) is 63.2 Å². The lowest BCUT2D eigenvalue weighted by atomic mass is 10.1. The van der Waals surface area contributed by atoms with Crippen molar-refractivity contribution in [3.63, 3.8) is 0 Å². The Morgan fingerprint density at radius 2 is 1.94 bits per heavy atom. The van der Waals surface area contributed by atoms with Crippen LogP contribution >= 0.6 is 15.9 Å². The van der Waals surface area contributed by atoms with E-state index in [1.807, 2.05) is 16.8 Å². The van der Waals surface area contributed by atoms with Gasteiger partial charge in [-0.15, -0.1) is 10.2 Å². The Morgan fingerprint density at radius 3 is 2.61 bits per heavy atom. The van der Waals surface area contributed by atoms with Gasteiger partial charge in [0.25, 0.3) is 0 Å². The smallest absolute Gasteiger partial charge is 0.222 e. The quantitative estimate of drug-likeness (QED) is 0.365. The van der Waals surface area contributed by atoms with E-state index in [0.29, 0.717) is 11.7 Å². The molecule has 0 bridgehead atoms. The molecule has 3 heterocycles. The van der Waals surface area contributed by atoms with Crippen LogP contribution in [0.4, 0.5) is 0 Å². The summed E-state index contributed by atoms with van der Waals surface area (Å²) in [5, 5.41) is 19.3. The average molecular weight is 483 g/mol. The third-order valence-electron chi connectivity index (χ3n) is 5.51. The fraction of sp³-hybridized carbons (Fsp3) is 0.409. The maximum atomic E-state index is 4.84. The Hall–Kier alpha value is -2.81. The first-order chi connectivity index (χ1) is 15.1. The number of H-pyrrole nitrogens is 1. The Labute approximate surface area is 190 Å². The van der Waals surface area contributed by atoms with Gasteiger partial charge in [0.2, 0.25) is 5.82 Å². The largest absolute Gasteiger partial charge is 0.313 e. The van der Waals surface area contributed by atoms with Crippen LogP contribution in [0.15, 0.2) is 41.0 Å². The first kappa shape index (κ1) is 21.4. The number of nitrogens with one attached hydrogen (secondary N) is 1. The highest BCUT2D eigenvalue weighted by Gasteiger charge is 2.16. The van der Waals surface area contributed by atoms with Gasteiger partial charge >= 0.3 is 0 Å². The topological polar surface area (TPSA) is 90.1 Å². The van der Waals surface area contributed by atoms with Crippen molar-refractivity contribution in [2.45, 2.75) is 58.9 Å². The lowest BCUT2D eigenvalue weighted by Gasteiger charge is -2.10. The molecule has 3 aromatic heterocycles. The number of unbranched alkanes of at least 4 members (excludes halogenated alkanes) is 1. The zero-order valence-corrected chi connectivity index (χ0v) is 19.7. The normalized spacial score (nSPS) is 12.4. The van der Waals surface area contributed by atoms with E-state index in [4.69, 9.17) is 10.1 Å². The molecule has 0 radical (unpaired) electrons. The number of hydrogen-bond acceptors (Lipinski definition) is 5. The lowest BCUT2D eigenvalue weighted by molar-refractivity contribution is 0.602. The zero-order chi connectivity index (χ0) is 21.8. The number of aryl methyl sites for hydroxylation is 1. The van der Waals surface area contributed by atoms with E-state index in [0.717, 1.165) is 59.7 Å². The van der Waals surface area contributed by atoms with Crippen LogP contribution < -0.4 is 0 Å². The summed E-state index contributed by atoms with van der Waals surface area (Å²) in [5.41, 5.74) is 3.08. The molecule has 0 aliphatic heterocycles. The minimum absolute atomic E-state index is 0.375. The van der Waals surface area contributed by atoms with Crippen LogP contribution in [0.25, 0.3) is 17.2 Å². The lowest BCUT2D eigenvalue weighted by Crippen LogP contribution is -2.08. The Morgan fingerprint density at radius 1 is 1.13 bits per heavy atom. The third kappa shape index (κ3) is 4.61. The second-order valence-corrected chi connectivity index (χ2v) is 8.60. The number of hydrogen-bond donors (Lipinski definition) is 1. The molecule has 0 saturated heterocycles. The number of aromatic amines is 1. The number of aromatic nitrogens is 8. The summed E-state index contributed by atoms with van der Waals surface area (Å²) >= 11 is 3.58. The summed E-state index contributed by atoms with van der Waals surface area (Å²) in [5.74, 6) is 2.95. The molecule has 4 rings (SSSR count). The molecule has 8 nitrogen and oxygen atoms in total. The SMILES string of the molecule is CCCCc1nc(C(C)CC)nn1Cc1ccc(-n2ccc(Br)c2-c2nn[nH]n2)cc1. The van der Waals surface area contributed by atoms with Gasteiger partial charge in [0.05, 0.1) is 6.54 Å². The van der Waals surface area contributed by atoms with Crippen molar-refractivity contribution in [3.8, 4) is 17.2 Å². The molecule has 1 N–H and O–H groups in total. The number of nitrogens with zero attached hydrogens (tertiary/aromatic N) is 7. The molecule has 0 aliphatic rings. The van der Waals surface area contributed by atoms with Crippen LogP contribution in [-0.4, -0.2) is 40.0 Å². The molecule has 1 aromatic carbocycles. The van der Waals surface area contributed by atoms with Crippen LogP contribution in [0.3, 0.4) is 0 Å². The van der Waals surface area contributed by atoms with Crippen molar-refractivity contribution in [3.05, 3.63) is 58.2 Å². The van der Waals surface area contributed by atoms with Gasteiger partial charge in [-0.1, -0.05) is 39.3 Å². The summed E-state index contributed by atoms with van der Waals surface area (Å²) in [4.78, 5) is 4.84. The van der Waals surface area contributed by atoms with Gasteiger partial charge in [-0.05, 0) is 57.7 Å². The first-order valence-corrected chi connectivity index (χ1v) is 11.5. The van der Waals surface area contributed by atoms with Crippen LogP contribution in [0.2, 0.25) is 0 Å². The molecule has 0 amide bonds. The summed E-state index contributed by atoms with van der Waals surface area (Å²) in [7, 11) is 0. The Bertz CT molecular complexity index is 1110. The molecule has 31 heavy (non-hydrogen) atoms. The van der Waals surface area contributed by atoms with Crippen LogP contribution in [0.5, 0.6) is 0 Å². The predicted molar refractivity (Wildman–Crippen MR) is 123 cm³/mol. The van der Waals surface area contributed by atoms with E-state index in [9.17, 15) is 0 Å². The van der Waals surface area contributed by atoms with Crippen molar-refractivity contribution in [1.82, 2.24) is 40.0 Å². The van der Waals surface area contributed by atoms with Crippen LogP contribution in [0, 0.1) is 0 Å². The molecule has 0 spiro atoms. The van der Waals surface area contributed by atoms with E-state index < -0.39 is 0 Å². The van der Waals surface area contributed by atoms with Crippen molar-refractivity contribution in [2.24, 2.45) is 0 Å². The predicted octanol–water partition coefficient (Wildman–Crippen LogP) is 4.92. The van der Waals surface area contributed by atoms with Gasteiger partial charge in [-0.25, -0.2) is 9.67 Å². The monoisotopic (exact) mass is 482 g/mol. The average Bonchev–Trinajstić information content (AvgIpc) is 3.52. The Kier molecular flexibility index (Phi) is 6.60. The molecule has 1 unspecified atom stereocenters.